The van der Waals surface area contributed by atoms with E-state index in [2.05, 4.69) is 12.6 Å². The molecule has 0 aliphatic rings. The Bertz CT molecular complexity index is 483. The first kappa shape index (κ1) is 12.0. The van der Waals surface area contributed by atoms with Crippen LogP contribution in [-0.2, 0) is 4.79 Å². The van der Waals surface area contributed by atoms with Crippen LogP contribution in [0.5, 0.6) is 0 Å². The Morgan fingerprint density at radius 3 is 2.62 bits per heavy atom. The Labute approximate surface area is 95.6 Å². The third-order valence-corrected chi connectivity index (χ3v) is 2.36. The second-order valence-electron chi connectivity index (χ2n) is 3.73. The zero-order chi connectivity index (χ0) is 12.3. The Morgan fingerprint density at radius 2 is 2.12 bits per heavy atom. The number of anilines is 1. The number of hydrogen-bond donors (Lipinski definition) is 0. The minimum absolute atomic E-state index is 0.175. The van der Waals surface area contributed by atoms with E-state index in [1.165, 1.54) is 4.90 Å². The van der Waals surface area contributed by atoms with Crippen molar-refractivity contribution in [3.05, 3.63) is 41.5 Å². The van der Waals surface area contributed by atoms with Gasteiger partial charge < -0.3 is 4.90 Å². The largest absolute Gasteiger partial charge is 0.310 e. The van der Waals surface area contributed by atoms with Crippen molar-refractivity contribution in [2.24, 2.45) is 0 Å². The van der Waals surface area contributed by atoms with Gasteiger partial charge in [-0.25, -0.2) is 0 Å². The second kappa shape index (κ2) is 4.63. The van der Waals surface area contributed by atoms with Crippen LogP contribution in [0.4, 0.5) is 5.69 Å². The van der Waals surface area contributed by atoms with E-state index in [9.17, 15) is 4.79 Å². The minimum Gasteiger partial charge on any atom is -0.310 e. The number of likely N-dealkylation sites (N-methyl/N-ethyl adjacent to an activating group) is 1. The highest BCUT2D eigenvalue weighted by Gasteiger charge is 2.16. The highest BCUT2D eigenvalue weighted by atomic mass is 16.2. The lowest BCUT2D eigenvalue weighted by molar-refractivity contribution is -0.114. The molecule has 1 aromatic carbocycles. The average Bonchev–Trinajstić information content (AvgIpc) is 2.26. The predicted octanol–water partition coefficient (Wildman–Crippen LogP) is 2.41. The molecule has 16 heavy (non-hydrogen) atoms. The number of aryl methyl sites for hydroxylation is 1. The van der Waals surface area contributed by atoms with E-state index < -0.39 is 0 Å². The van der Waals surface area contributed by atoms with Gasteiger partial charge in [0.1, 0.15) is 6.07 Å². The summed E-state index contributed by atoms with van der Waals surface area (Å²) in [5.41, 5.74) is 2.50. The highest BCUT2D eigenvalue weighted by molar-refractivity contribution is 6.05. The van der Waals surface area contributed by atoms with Gasteiger partial charge in [0, 0.05) is 12.6 Å². The summed E-state index contributed by atoms with van der Waals surface area (Å²) in [7, 11) is 1.65. The van der Waals surface area contributed by atoms with Crippen LogP contribution in [0.1, 0.15) is 18.1 Å². The highest BCUT2D eigenvalue weighted by Crippen LogP contribution is 2.24. The summed E-state index contributed by atoms with van der Waals surface area (Å²) in [5.74, 6) is -0.175. The molecule has 0 radical (unpaired) electrons. The molecule has 82 valence electrons. The molecule has 0 saturated carbocycles. The number of nitrogens with zero attached hydrogens (tertiary/aromatic N) is 2. The molecular formula is C13H14N2O. The standard InChI is InChI=1S/C13H14N2O/c1-9(2)13(16)15(4)12-10(3)6-5-7-11(12)8-14/h5-7H,1H2,2-4H3. The van der Waals surface area contributed by atoms with Crippen LogP contribution in [0.15, 0.2) is 30.4 Å². The molecule has 0 fully saturated rings. The van der Waals surface area contributed by atoms with Crippen LogP contribution in [-0.4, -0.2) is 13.0 Å². The maximum atomic E-state index is 11.8. The van der Waals surface area contributed by atoms with E-state index in [1.807, 2.05) is 13.0 Å². The van der Waals surface area contributed by atoms with Crippen molar-refractivity contribution < 1.29 is 4.79 Å². The predicted molar refractivity (Wildman–Crippen MR) is 64.1 cm³/mol. The van der Waals surface area contributed by atoms with E-state index in [0.717, 1.165) is 5.56 Å². The summed E-state index contributed by atoms with van der Waals surface area (Å²) in [6, 6.07) is 7.46. The van der Waals surface area contributed by atoms with Gasteiger partial charge in [0.05, 0.1) is 11.3 Å². The monoisotopic (exact) mass is 214 g/mol. The van der Waals surface area contributed by atoms with Crippen LogP contribution in [0.2, 0.25) is 0 Å². The summed E-state index contributed by atoms with van der Waals surface area (Å²) in [4.78, 5) is 13.2. The van der Waals surface area contributed by atoms with Crippen molar-refractivity contribution in [1.82, 2.24) is 0 Å². The molecule has 3 nitrogen and oxygen atoms in total. The van der Waals surface area contributed by atoms with Gasteiger partial charge in [-0.1, -0.05) is 18.7 Å². The van der Waals surface area contributed by atoms with E-state index >= 15 is 0 Å². The van der Waals surface area contributed by atoms with Crippen LogP contribution < -0.4 is 4.90 Å². The summed E-state index contributed by atoms with van der Waals surface area (Å²) < 4.78 is 0. The van der Waals surface area contributed by atoms with Crippen molar-refractivity contribution in [2.45, 2.75) is 13.8 Å². The topological polar surface area (TPSA) is 44.1 Å². The molecule has 0 aromatic heterocycles. The molecule has 3 heteroatoms. The fourth-order valence-electron chi connectivity index (χ4n) is 1.58. The zero-order valence-electron chi connectivity index (χ0n) is 9.74. The van der Waals surface area contributed by atoms with E-state index in [1.54, 1.807) is 26.1 Å². The van der Waals surface area contributed by atoms with Crippen molar-refractivity contribution in [3.63, 3.8) is 0 Å². The zero-order valence-corrected chi connectivity index (χ0v) is 9.74. The molecule has 1 amide bonds. The molecular weight excluding hydrogens is 200 g/mol. The van der Waals surface area contributed by atoms with Gasteiger partial charge >= 0.3 is 0 Å². The van der Waals surface area contributed by atoms with Crippen LogP contribution >= 0.6 is 0 Å². The number of hydrogen-bond acceptors (Lipinski definition) is 2. The number of rotatable bonds is 2. The lowest BCUT2D eigenvalue weighted by atomic mass is 10.1. The van der Waals surface area contributed by atoms with Gasteiger partial charge in [-0.2, -0.15) is 5.26 Å². The molecule has 0 aliphatic heterocycles. The van der Waals surface area contributed by atoms with Gasteiger partial charge in [-0.05, 0) is 25.5 Å². The van der Waals surface area contributed by atoms with Crippen molar-refractivity contribution in [3.8, 4) is 6.07 Å². The maximum Gasteiger partial charge on any atom is 0.253 e. The summed E-state index contributed by atoms with van der Waals surface area (Å²) in [5, 5.41) is 9.00. The average molecular weight is 214 g/mol. The molecule has 0 saturated heterocycles. The van der Waals surface area contributed by atoms with Gasteiger partial charge in [0.2, 0.25) is 0 Å². The van der Waals surface area contributed by atoms with Crippen LogP contribution in [0.25, 0.3) is 0 Å². The fourth-order valence-corrected chi connectivity index (χ4v) is 1.58. The normalized spacial score (nSPS) is 9.38. The molecule has 0 unspecified atom stereocenters. The molecule has 1 aromatic rings. The minimum atomic E-state index is -0.175. The molecule has 0 N–H and O–H groups in total. The van der Waals surface area contributed by atoms with Crippen molar-refractivity contribution >= 4 is 11.6 Å². The molecule has 0 aliphatic carbocycles. The smallest absolute Gasteiger partial charge is 0.253 e. The number of benzene rings is 1. The first-order valence-corrected chi connectivity index (χ1v) is 4.92. The van der Waals surface area contributed by atoms with Crippen molar-refractivity contribution in [1.29, 1.82) is 5.26 Å². The van der Waals surface area contributed by atoms with Gasteiger partial charge in [-0.15, -0.1) is 0 Å². The summed E-state index contributed by atoms with van der Waals surface area (Å²) in [6.07, 6.45) is 0. The Morgan fingerprint density at radius 1 is 1.50 bits per heavy atom. The number of carbonyl (C=O) groups is 1. The lowest BCUT2D eigenvalue weighted by Gasteiger charge is -2.20. The van der Waals surface area contributed by atoms with Gasteiger partial charge in [0.25, 0.3) is 5.91 Å². The van der Waals surface area contributed by atoms with Crippen LogP contribution in [0.3, 0.4) is 0 Å². The van der Waals surface area contributed by atoms with E-state index in [-0.39, 0.29) is 5.91 Å². The molecule has 0 spiro atoms. The number of nitriles is 1. The van der Waals surface area contributed by atoms with Crippen molar-refractivity contribution in [2.75, 3.05) is 11.9 Å². The summed E-state index contributed by atoms with van der Waals surface area (Å²) in [6.45, 7) is 7.14. The number of amides is 1. The van der Waals surface area contributed by atoms with Gasteiger partial charge in [-0.3, -0.25) is 4.79 Å². The fraction of sp³-hybridized carbons (Fsp3) is 0.231. The Hall–Kier alpha value is -2.08. The van der Waals surface area contributed by atoms with E-state index in [4.69, 9.17) is 5.26 Å². The summed E-state index contributed by atoms with van der Waals surface area (Å²) >= 11 is 0. The molecule has 0 atom stereocenters. The van der Waals surface area contributed by atoms with Crippen LogP contribution in [0, 0.1) is 18.3 Å². The Balaban J connectivity index is 3.28. The quantitative estimate of drug-likeness (QED) is 0.709. The molecule has 0 bridgehead atoms. The molecule has 1 rings (SSSR count). The first-order valence-electron chi connectivity index (χ1n) is 4.92. The third-order valence-electron chi connectivity index (χ3n) is 2.36. The van der Waals surface area contributed by atoms with E-state index in [0.29, 0.717) is 16.8 Å². The third kappa shape index (κ3) is 2.12. The number of carbonyl (C=O) groups excluding carboxylic acids is 1. The Kier molecular flexibility index (Phi) is 3.47. The lowest BCUT2D eigenvalue weighted by Crippen LogP contribution is -2.28. The van der Waals surface area contributed by atoms with Gasteiger partial charge in [0.15, 0.2) is 0 Å². The first-order chi connectivity index (χ1) is 7.49. The second-order valence-corrected chi connectivity index (χ2v) is 3.73. The maximum absolute atomic E-state index is 11.8. The number of para-hydroxylation sites is 1. The molecule has 0 heterocycles. The SMILES string of the molecule is C=C(C)C(=O)N(C)c1c(C)cccc1C#N.